The molecule has 2 heterocycles. The van der Waals surface area contributed by atoms with E-state index in [2.05, 4.69) is 20.5 Å². The van der Waals surface area contributed by atoms with E-state index in [0.29, 0.717) is 23.1 Å². The minimum atomic E-state index is 0.0533. The monoisotopic (exact) mass is 354 g/mol. The van der Waals surface area contributed by atoms with Crippen LogP contribution in [0.15, 0.2) is 42.5 Å². The molecule has 0 spiro atoms. The van der Waals surface area contributed by atoms with E-state index < -0.39 is 0 Å². The highest BCUT2D eigenvalue weighted by atomic mass is 35.5. The number of benzene rings is 2. The van der Waals surface area contributed by atoms with Crippen molar-refractivity contribution in [1.82, 2.24) is 15.2 Å². The van der Waals surface area contributed by atoms with Gasteiger partial charge in [0.2, 0.25) is 5.91 Å². The summed E-state index contributed by atoms with van der Waals surface area (Å²) >= 11 is 5.89. The number of aromatic amines is 1. The van der Waals surface area contributed by atoms with Crippen LogP contribution in [0.5, 0.6) is 5.75 Å². The fraction of sp³-hybridized carbons (Fsp3) is 0.167. The number of amides is 1. The maximum atomic E-state index is 11.4. The zero-order valence-electron chi connectivity index (χ0n) is 13.3. The molecule has 25 heavy (non-hydrogen) atoms. The van der Waals surface area contributed by atoms with Gasteiger partial charge in [0, 0.05) is 22.7 Å². The van der Waals surface area contributed by atoms with Crippen LogP contribution in [0.4, 0.5) is 5.69 Å². The molecule has 0 aliphatic carbocycles. The molecule has 3 aromatic rings. The highest BCUT2D eigenvalue weighted by Crippen LogP contribution is 2.27. The molecule has 1 aliphatic heterocycles. The molecule has 0 atom stereocenters. The van der Waals surface area contributed by atoms with Gasteiger partial charge in [0.1, 0.15) is 12.4 Å². The lowest BCUT2D eigenvalue weighted by molar-refractivity contribution is -0.116. The van der Waals surface area contributed by atoms with Gasteiger partial charge in [-0.1, -0.05) is 11.6 Å². The second-order valence-electron chi connectivity index (χ2n) is 5.77. The number of anilines is 1. The number of nitrogens with one attached hydrogen (secondary N) is 2. The van der Waals surface area contributed by atoms with Crippen molar-refractivity contribution in [2.75, 3.05) is 5.32 Å². The summed E-state index contributed by atoms with van der Waals surface area (Å²) in [5.74, 6) is 2.02. The van der Waals surface area contributed by atoms with Gasteiger partial charge in [0.15, 0.2) is 11.6 Å². The molecule has 0 bridgehead atoms. The predicted octanol–water partition coefficient (Wildman–Crippen LogP) is 3.59. The topological polar surface area (TPSA) is 79.9 Å². The predicted molar refractivity (Wildman–Crippen MR) is 94.6 cm³/mol. The second-order valence-corrected chi connectivity index (χ2v) is 6.20. The first kappa shape index (κ1) is 15.7. The average molecular weight is 355 g/mol. The van der Waals surface area contributed by atoms with Gasteiger partial charge in [0.25, 0.3) is 0 Å². The van der Waals surface area contributed by atoms with E-state index in [9.17, 15) is 4.79 Å². The Bertz CT molecular complexity index is 921. The minimum Gasteiger partial charge on any atom is -0.486 e. The molecular formula is C18H15ClN4O2. The molecule has 4 rings (SSSR count). The third-order valence-corrected chi connectivity index (χ3v) is 4.23. The van der Waals surface area contributed by atoms with Crippen molar-refractivity contribution in [2.24, 2.45) is 0 Å². The summed E-state index contributed by atoms with van der Waals surface area (Å²) in [5, 5.41) is 10.6. The Morgan fingerprint density at radius 3 is 2.80 bits per heavy atom. The zero-order chi connectivity index (χ0) is 17.2. The van der Waals surface area contributed by atoms with Crippen LogP contribution in [0.25, 0.3) is 11.4 Å². The Balaban J connectivity index is 1.44. The summed E-state index contributed by atoms with van der Waals surface area (Å²) in [6, 6.07) is 13.0. The van der Waals surface area contributed by atoms with E-state index in [0.717, 1.165) is 29.0 Å². The van der Waals surface area contributed by atoms with Crippen molar-refractivity contribution in [3.8, 4) is 17.1 Å². The van der Waals surface area contributed by atoms with Crippen LogP contribution in [0.2, 0.25) is 5.02 Å². The van der Waals surface area contributed by atoms with Gasteiger partial charge in [-0.25, -0.2) is 4.98 Å². The van der Waals surface area contributed by atoms with Gasteiger partial charge in [-0.2, -0.15) is 5.10 Å². The highest BCUT2D eigenvalue weighted by molar-refractivity contribution is 6.30. The van der Waals surface area contributed by atoms with Gasteiger partial charge < -0.3 is 10.1 Å². The van der Waals surface area contributed by atoms with E-state index in [-0.39, 0.29) is 12.5 Å². The molecule has 126 valence electrons. The number of fused-ring (bicyclic) bond motifs is 1. The summed E-state index contributed by atoms with van der Waals surface area (Å²) in [7, 11) is 0. The number of halogens is 1. The summed E-state index contributed by atoms with van der Waals surface area (Å²) in [6.07, 6.45) is 1.23. The number of ether oxygens (including phenoxy) is 1. The van der Waals surface area contributed by atoms with Crippen molar-refractivity contribution in [3.63, 3.8) is 0 Å². The fourth-order valence-corrected chi connectivity index (χ4v) is 2.82. The number of nitrogens with zero attached hydrogens (tertiary/aromatic N) is 2. The number of aromatic nitrogens is 3. The Hall–Kier alpha value is -2.86. The Morgan fingerprint density at radius 2 is 1.96 bits per heavy atom. The van der Waals surface area contributed by atoms with E-state index >= 15 is 0 Å². The van der Waals surface area contributed by atoms with Crippen LogP contribution in [0, 0.1) is 0 Å². The molecule has 0 fully saturated rings. The number of hydrogen-bond donors (Lipinski definition) is 2. The highest BCUT2D eigenvalue weighted by Gasteiger charge is 2.15. The average Bonchev–Trinajstić information content (AvgIpc) is 3.09. The smallest absolute Gasteiger partial charge is 0.224 e. The van der Waals surface area contributed by atoms with Gasteiger partial charge in [-0.3, -0.25) is 9.89 Å². The molecule has 1 aliphatic rings. The van der Waals surface area contributed by atoms with E-state index in [1.54, 1.807) is 12.1 Å². The normalized spacial score (nSPS) is 13.2. The van der Waals surface area contributed by atoms with Crippen molar-refractivity contribution < 1.29 is 9.53 Å². The SMILES string of the molecule is O=C1CCc2cc(OCc3nc(-c4ccc(Cl)cc4)n[nH]3)ccc2N1. The van der Waals surface area contributed by atoms with Crippen molar-refractivity contribution >= 4 is 23.2 Å². The first-order valence-electron chi connectivity index (χ1n) is 7.90. The molecule has 2 aromatic carbocycles. The molecule has 0 radical (unpaired) electrons. The van der Waals surface area contributed by atoms with Gasteiger partial charge in [-0.15, -0.1) is 0 Å². The number of rotatable bonds is 4. The van der Waals surface area contributed by atoms with Gasteiger partial charge >= 0.3 is 0 Å². The van der Waals surface area contributed by atoms with E-state index in [4.69, 9.17) is 16.3 Å². The van der Waals surface area contributed by atoms with E-state index in [1.807, 2.05) is 30.3 Å². The third kappa shape index (κ3) is 3.49. The molecule has 6 nitrogen and oxygen atoms in total. The van der Waals surface area contributed by atoms with Crippen LogP contribution in [-0.2, 0) is 17.8 Å². The second kappa shape index (κ2) is 6.57. The fourth-order valence-electron chi connectivity index (χ4n) is 2.69. The number of carbonyl (C=O) groups excluding carboxylic acids is 1. The molecule has 0 saturated heterocycles. The summed E-state index contributed by atoms with van der Waals surface area (Å²) in [6.45, 7) is 0.283. The van der Waals surface area contributed by atoms with Crippen LogP contribution in [-0.4, -0.2) is 21.1 Å². The molecule has 7 heteroatoms. The Morgan fingerprint density at radius 1 is 1.12 bits per heavy atom. The molecule has 1 amide bonds. The van der Waals surface area contributed by atoms with Crippen molar-refractivity contribution in [3.05, 3.63) is 58.9 Å². The number of H-pyrrole nitrogens is 1. The molecule has 0 unspecified atom stereocenters. The number of aryl methyl sites for hydroxylation is 1. The molecule has 0 saturated carbocycles. The van der Waals surface area contributed by atoms with Gasteiger partial charge in [-0.05, 0) is 54.4 Å². The lowest BCUT2D eigenvalue weighted by atomic mass is 10.0. The first-order valence-corrected chi connectivity index (χ1v) is 8.28. The van der Waals surface area contributed by atoms with Crippen molar-refractivity contribution in [1.29, 1.82) is 0 Å². The standard InChI is InChI=1S/C18H15ClN4O2/c19-13-4-1-11(2-5-13)18-21-16(22-23-18)10-25-14-6-7-15-12(9-14)3-8-17(24)20-15/h1-2,4-7,9H,3,8,10H2,(H,20,24)(H,21,22,23). The molecular weight excluding hydrogens is 340 g/mol. The third-order valence-electron chi connectivity index (χ3n) is 3.98. The van der Waals surface area contributed by atoms with Crippen LogP contribution in [0.1, 0.15) is 17.8 Å². The summed E-state index contributed by atoms with van der Waals surface area (Å²) in [5.41, 5.74) is 2.82. The van der Waals surface area contributed by atoms with Gasteiger partial charge in [0.05, 0.1) is 0 Å². The Labute approximate surface area is 149 Å². The summed E-state index contributed by atoms with van der Waals surface area (Å²) < 4.78 is 5.79. The zero-order valence-corrected chi connectivity index (χ0v) is 14.0. The Kier molecular flexibility index (Phi) is 4.11. The largest absolute Gasteiger partial charge is 0.486 e. The number of hydrogen-bond acceptors (Lipinski definition) is 4. The number of carbonyl (C=O) groups is 1. The molecule has 2 N–H and O–H groups in total. The van der Waals surface area contributed by atoms with Crippen LogP contribution in [0.3, 0.4) is 0 Å². The minimum absolute atomic E-state index is 0.0533. The van der Waals surface area contributed by atoms with E-state index in [1.165, 1.54) is 0 Å². The maximum Gasteiger partial charge on any atom is 0.224 e. The lowest BCUT2D eigenvalue weighted by Crippen LogP contribution is -2.18. The van der Waals surface area contributed by atoms with Crippen molar-refractivity contribution in [2.45, 2.75) is 19.4 Å². The maximum absolute atomic E-state index is 11.4. The summed E-state index contributed by atoms with van der Waals surface area (Å²) in [4.78, 5) is 15.8. The first-order chi connectivity index (χ1) is 12.2. The quantitative estimate of drug-likeness (QED) is 0.750. The lowest BCUT2D eigenvalue weighted by Gasteiger charge is -2.17. The van der Waals surface area contributed by atoms with Crippen LogP contribution >= 0.6 is 11.6 Å². The van der Waals surface area contributed by atoms with Crippen LogP contribution < -0.4 is 10.1 Å². The molecule has 1 aromatic heterocycles.